The van der Waals surface area contributed by atoms with E-state index in [-0.39, 0.29) is 10.8 Å². The number of carbonyl (C=O) groups excluding carboxylic acids is 1. The Bertz CT molecular complexity index is 878. The van der Waals surface area contributed by atoms with Gasteiger partial charge in [-0.15, -0.1) is 0 Å². The number of rotatable bonds is 5. The molecule has 0 spiro atoms. The summed E-state index contributed by atoms with van der Waals surface area (Å²) in [6, 6.07) is 8.18. The number of Topliss-reactive ketones (excluding diaryl/α,β-unsaturated/α-hetero) is 1. The van der Waals surface area contributed by atoms with Crippen LogP contribution in [0.1, 0.15) is 15.9 Å². The molecular formula is C19H18ClNO5. The number of nitrogen functional groups attached to an aromatic ring is 1. The van der Waals surface area contributed by atoms with E-state index in [9.17, 15) is 4.79 Å². The Morgan fingerprint density at radius 2 is 1.73 bits per heavy atom. The zero-order chi connectivity index (χ0) is 18.7. The van der Waals surface area contributed by atoms with Crippen LogP contribution in [0.4, 0.5) is 5.69 Å². The number of ketones is 1. The molecule has 0 saturated carbocycles. The second-order valence-corrected chi connectivity index (χ2v) is 5.92. The normalized spacial score (nSPS) is 13.3. The van der Waals surface area contributed by atoms with Gasteiger partial charge < -0.3 is 24.7 Å². The zero-order valence-corrected chi connectivity index (χ0v) is 15.1. The van der Waals surface area contributed by atoms with Crippen LogP contribution in [0, 0.1) is 0 Å². The van der Waals surface area contributed by atoms with Crippen LogP contribution in [0.3, 0.4) is 0 Å². The molecule has 0 radical (unpaired) electrons. The number of benzene rings is 2. The topological polar surface area (TPSA) is 80.0 Å². The molecule has 1 aliphatic rings. The highest BCUT2D eigenvalue weighted by Gasteiger charge is 2.18. The third kappa shape index (κ3) is 3.55. The summed E-state index contributed by atoms with van der Waals surface area (Å²) < 4.78 is 21.6. The predicted octanol–water partition coefficient (Wildman–Crippen LogP) is 3.52. The highest BCUT2D eigenvalue weighted by atomic mass is 35.5. The molecule has 1 heterocycles. The van der Waals surface area contributed by atoms with Crippen molar-refractivity contribution in [3.63, 3.8) is 0 Å². The maximum absolute atomic E-state index is 12.6. The van der Waals surface area contributed by atoms with E-state index in [1.165, 1.54) is 20.3 Å². The van der Waals surface area contributed by atoms with Crippen LogP contribution in [0.2, 0.25) is 0 Å². The molecule has 3 rings (SSSR count). The first kappa shape index (κ1) is 17.9. The number of anilines is 1. The summed E-state index contributed by atoms with van der Waals surface area (Å²) in [5, 5.41) is 0.0202. The van der Waals surface area contributed by atoms with Crippen molar-refractivity contribution < 1.29 is 23.7 Å². The highest BCUT2D eigenvalue weighted by molar-refractivity contribution is 6.47. The van der Waals surface area contributed by atoms with E-state index in [0.717, 1.165) is 0 Å². The Kier molecular flexibility index (Phi) is 5.23. The molecule has 26 heavy (non-hydrogen) atoms. The van der Waals surface area contributed by atoms with Gasteiger partial charge in [-0.25, -0.2) is 0 Å². The summed E-state index contributed by atoms with van der Waals surface area (Å²) in [7, 11) is 3.01. The van der Waals surface area contributed by atoms with Crippen LogP contribution in [0.25, 0.3) is 6.08 Å². The molecule has 2 N–H and O–H groups in total. The molecule has 0 unspecified atom stereocenters. The van der Waals surface area contributed by atoms with Gasteiger partial charge in [-0.3, -0.25) is 4.79 Å². The van der Waals surface area contributed by atoms with Crippen LogP contribution in [-0.4, -0.2) is 33.2 Å². The predicted molar refractivity (Wildman–Crippen MR) is 99.6 cm³/mol. The number of ether oxygens (including phenoxy) is 4. The van der Waals surface area contributed by atoms with Gasteiger partial charge in [0.05, 0.1) is 24.9 Å². The second-order valence-electron chi connectivity index (χ2n) is 5.52. The standard InChI is InChI=1S/C19H18ClNO5/c1-23-15-10-18-17(25-5-6-26-18)9-12(15)7-13(20)19(22)11-3-4-14(21)16(8-11)24-2/h3-4,7-10H,5-6,21H2,1-2H3/b13-7+. The number of hydrogen-bond donors (Lipinski definition) is 1. The minimum Gasteiger partial charge on any atom is -0.496 e. The first-order valence-electron chi connectivity index (χ1n) is 7.86. The molecule has 6 nitrogen and oxygen atoms in total. The van der Waals surface area contributed by atoms with E-state index in [0.29, 0.717) is 53.0 Å². The maximum atomic E-state index is 12.6. The summed E-state index contributed by atoms with van der Waals surface area (Å²) >= 11 is 6.26. The van der Waals surface area contributed by atoms with Gasteiger partial charge in [-0.05, 0) is 30.3 Å². The summed E-state index contributed by atoms with van der Waals surface area (Å²) in [5.74, 6) is 1.75. The number of halogens is 1. The molecular weight excluding hydrogens is 358 g/mol. The first-order valence-corrected chi connectivity index (χ1v) is 8.24. The van der Waals surface area contributed by atoms with Crippen LogP contribution in [-0.2, 0) is 0 Å². The number of nitrogens with two attached hydrogens (primary N) is 1. The number of allylic oxidation sites excluding steroid dienone is 1. The average molecular weight is 376 g/mol. The quantitative estimate of drug-likeness (QED) is 0.489. The Labute approximate surface area is 156 Å². The monoisotopic (exact) mass is 375 g/mol. The molecule has 136 valence electrons. The highest BCUT2D eigenvalue weighted by Crippen LogP contribution is 2.38. The lowest BCUT2D eigenvalue weighted by molar-refractivity contribution is 0.104. The fraction of sp³-hybridized carbons (Fsp3) is 0.211. The smallest absolute Gasteiger partial charge is 0.204 e. The summed E-state index contributed by atoms with van der Waals surface area (Å²) in [5.41, 5.74) is 7.20. The Morgan fingerprint density at radius 3 is 2.38 bits per heavy atom. The van der Waals surface area contributed by atoms with Crippen molar-refractivity contribution in [1.29, 1.82) is 0 Å². The van der Waals surface area contributed by atoms with E-state index in [4.69, 9.17) is 36.3 Å². The van der Waals surface area contributed by atoms with Crippen molar-refractivity contribution in [3.05, 3.63) is 46.5 Å². The molecule has 0 bridgehead atoms. The van der Waals surface area contributed by atoms with E-state index < -0.39 is 0 Å². The third-order valence-corrected chi connectivity index (χ3v) is 4.17. The molecule has 7 heteroatoms. The van der Waals surface area contributed by atoms with E-state index in [1.54, 1.807) is 30.3 Å². The average Bonchev–Trinajstić information content (AvgIpc) is 2.67. The number of hydrogen-bond acceptors (Lipinski definition) is 6. The van der Waals surface area contributed by atoms with Gasteiger partial charge in [0.2, 0.25) is 5.78 Å². The number of carbonyl (C=O) groups is 1. The molecule has 0 saturated heterocycles. The summed E-state index contributed by atoms with van der Waals surface area (Å²) in [4.78, 5) is 12.6. The van der Waals surface area contributed by atoms with E-state index in [1.807, 2.05) is 0 Å². The van der Waals surface area contributed by atoms with Gasteiger partial charge in [0, 0.05) is 17.2 Å². The molecule has 0 fully saturated rings. The molecule has 0 aliphatic carbocycles. The SMILES string of the molecule is COc1cc(C(=O)/C(Cl)=C\c2cc3c(cc2OC)OCCO3)ccc1N. The Morgan fingerprint density at radius 1 is 1.08 bits per heavy atom. The largest absolute Gasteiger partial charge is 0.496 e. The van der Waals surface area contributed by atoms with Crippen molar-refractivity contribution in [2.45, 2.75) is 0 Å². The van der Waals surface area contributed by atoms with Gasteiger partial charge in [-0.1, -0.05) is 11.6 Å². The fourth-order valence-electron chi connectivity index (χ4n) is 2.57. The third-order valence-electron chi connectivity index (χ3n) is 3.89. The van der Waals surface area contributed by atoms with Gasteiger partial charge in [-0.2, -0.15) is 0 Å². The van der Waals surface area contributed by atoms with Crippen molar-refractivity contribution in [1.82, 2.24) is 0 Å². The summed E-state index contributed by atoms with van der Waals surface area (Å²) in [6.07, 6.45) is 1.53. The molecule has 0 amide bonds. The molecule has 0 atom stereocenters. The number of methoxy groups -OCH3 is 2. The molecule has 2 aromatic carbocycles. The lowest BCUT2D eigenvalue weighted by Crippen LogP contribution is -2.15. The second kappa shape index (κ2) is 7.58. The van der Waals surface area contributed by atoms with Crippen LogP contribution in [0.5, 0.6) is 23.0 Å². The minimum atomic E-state index is -0.359. The van der Waals surface area contributed by atoms with Gasteiger partial charge >= 0.3 is 0 Å². The zero-order valence-electron chi connectivity index (χ0n) is 14.4. The maximum Gasteiger partial charge on any atom is 0.204 e. The Hall–Kier alpha value is -2.86. The Balaban J connectivity index is 1.95. The van der Waals surface area contributed by atoms with Crippen molar-refractivity contribution in [3.8, 4) is 23.0 Å². The molecule has 0 aromatic heterocycles. The van der Waals surface area contributed by atoms with Crippen molar-refractivity contribution >= 4 is 29.1 Å². The van der Waals surface area contributed by atoms with Crippen LogP contribution in [0.15, 0.2) is 35.4 Å². The molecule has 1 aliphatic heterocycles. The lowest BCUT2D eigenvalue weighted by atomic mass is 10.1. The van der Waals surface area contributed by atoms with Crippen molar-refractivity contribution in [2.75, 3.05) is 33.2 Å². The first-order chi connectivity index (χ1) is 12.5. The summed E-state index contributed by atoms with van der Waals surface area (Å²) in [6.45, 7) is 0.934. The van der Waals surface area contributed by atoms with E-state index in [2.05, 4.69) is 0 Å². The fourth-order valence-corrected chi connectivity index (χ4v) is 2.79. The van der Waals surface area contributed by atoms with Crippen LogP contribution >= 0.6 is 11.6 Å². The van der Waals surface area contributed by atoms with E-state index >= 15 is 0 Å². The van der Waals surface area contributed by atoms with Crippen molar-refractivity contribution in [2.24, 2.45) is 0 Å². The number of fused-ring (bicyclic) bond motifs is 1. The van der Waals surface area contributed by atoms with Gasteiger partial charge in [0.1, 0.15) is 24.7 Å². The van der Waals surface area contributed by atoms with Gasteiger partial charge in [0.15, 0.2) is 11.5 Å². The van der Waals surface area contributed by atoms with Crippen LogP contribution < -0.4 is 24.7 Å². The minimum absolute atomic E-state index is 0.0202. The molecule has 2 aromatic rings. The lowest BCUT2D eigenvalue weighted by Gasteiger charge is -2.20. The van der Waals surface area contributed by atoms with Gasteiger partial charge in [0.25, 0.3) is 0 Å².